The topological polar surface area (TPSA) is 45.9 Å². The summed E-state index contributed by atoms with van der Waals surface area (Å²) < 4.78 is 41.8. The molecule has 0 N–H and O–H groups in total. The third-order valence-corrected chi connectivity index (χ3v) is 2.62. The van der Waals surface area contributed by atoms with Gasteiger partial charge in [0.25, 0.3) is 0 Å². The van der Waals surface area contributed by atoms with Crippen LogP contribution in [-0.2, 0) is 0 Å². The maximum Gasteiger partial charge on any atom is 0.387 e. The first-order valence-electron chi connectivity index (χ1n) is 4.66. The molecule has 0 saturated heterocycles. The van der Waals surface area contributed by atoms with E-state index in [2.05, 4.69) is 9.72 Å². The van der Waals surface area contributed by atoms with E-state index in [9.17, 15) is 13.2 Å². The number of halogens is 4. The van der Waals surface area contributed by atoms with Gasteiger partial charge in [0, 0.05) is 11.6 Å². The van der Waals surface area contributed by atoms with Crippen LogP contribution in [0.1, 0.15) is 5.56 Å². The highest BCUT2D eigenvalue weighted by Crippen LogP contribution is 2.31. The van der Waals surface area contributed by atoms with Gasteiger partial charge in [-0.25, -0.2) is 4.39 Å². The fourth-order valence-electron chi connectivity index (χ4n) is 1.45. The lowest BCUT2D eigenvalue weighted by atomic mass is 10.1. The Labute approximate surface area is 104 Å². The Bertz CT molecular complexity index is 655. The van der Waals surface area contributed by atoms with Gasteiger partial charge in [-0.1, -0.05) is 11.6 Å². The fraction of sp³-hybridized carbons (Fsp3) is 0.0909. The first-order valence-corrected chi connectivity index (χ1v) is 5.04. The molecule has 2 aromatic rings. The van der Waals surface area contributed by atoms with Gasteiger partial charge in [-0.2, -0.15) is 14.0 Å². The van der Waals surface area contributed by atoms with E-state index in [1.165, 1.54) is 6.07 Å². The number of alkyl halides is 2. The minimum Gasteiger partial charge on any atom is -0.432 e. The van der Waals surface area contributed by atoms with E-state index in [0.717, 1.165) is 12.3 Å². The van der Waals surface area contributed by atoms with E-state index in [-0.39, 0.29) is 21.5 Å². The molecule has 0 bridgehead atoms. The van der Waals surface area contributed by atoms with Crippen molar-refractivity contribution in [3.63, 3.8) is 0 Å². The van der Waals surface area contributed by atoms with E-state index in [1.54, 1.807) is 6.07 Å². The highest BCUT2D eigenvalue weighted by atomic mass is 35.5. The molecule has 0 aliphatic carbocycles. The van der Waals surface area contributed by atoms with Crippen molar-refractivity contribution in [1.82, 2.24) is 4.98 Å². The van der Waals surface area contributed by atoms with Crippen LogP contribution in [0.3, 0.4) is 0 Å². The second-order valence-corrected chi connectivity index (χ2v) is 3.63. The smallest absolute Gasteiger partial charge is 0.387 e. The Morgan fingerprint density at radius 2 is 2.11 bits per heavy atom. The zero-order valence-electron chi connectivity index (χ0n) is 8.62. The third-order valence-electron chi connectivity index (χ3n) is 2.21. The molecule has 7 heteroatoms. The molecule has 1 aromatic carbocycles. The van der Waals surface area contributed by atoms with Crippen LogP contribution in [-0.4, -0.2) is 11.6 Å². The summed E-state index contributed by atoms with van der Waals surface area (Å²) in [7, 11) is 0. The summed E-state index contributed by atoms with van der Waals surface area (Å²) in [5.74, 6) is -1.66. The quantitative estimate of drug-likeness (QED) is 0.840. The lowest BCUT2D eigenvalue weighted by Crippen LogP contribution is -2.04. The van der Waals surface area contributed by atoms with Gasteiger partial charge >= 0.3 is 6.61 Å². The standard InChI is InChI=1S/C11H4ClF3N2O/c12-8-5(3-16)4-17-10-6(8)1-2-7(9(10)13)18-11(14)15/h1-2,4,11H. The summed E-state index contributed by atoms with van der Waals surface area (Å²) in [6.45, 7) is -3.13. The van der Waals surface area contributed by atoms with Gasteiger partial charge in [0.1, 0.15) is 11.6 Å². The Morgan fingerprint density at radius 1 is 1.39 bits per heavy atom. The lowest BCUT2D eigenvalue weighted by Gasteiger charge is -2.08. The number of hydrogen-bond acceptors (Lipinski definition) is 3. The molecule has 0 aliphatic heterocycles. The summed E-state index contributed by atoms with van der Waals surface area (Å²) in [5, 5.41) is 8.91. The molecule has 0 spiro atoms. The van der Waals surface area contributed by atoms with Crippen LogP contribution in [0.2, 0.25) is 5.02 Å². The van der Waals surface area contributed by atoms with Crippen LogP contribution in [0.5, 0.6) is 5.75 Å². The summed E-state index contributed by atoms with van der Waals surface area (Å²) in [4.78, 5) is 3.67. The van der Waals surface area contributed by atoms with E-state index in [1.807, 2.05) is 0 Å². The molecule has 0 aliphatic rings. The lowest BCUT2D eigenvalue weighted by molar-refractivity contribution is -0.0520. The second-order valence-electron chi connectivity index (χ2n) is 3.25. The van der Waals surface area contributed by atoms with Crippen LogP contribution in [0.25, 0.3) is 10.9 Å². The van der Waals surface area contributed by atoms with Crippen LogP contribution < -0.4 is 4.74 Å². The largest absolute Gasteiger partial charge is 0.432 e. The van der Waals surface area contributed by atoms with Crippen molar-refractivity contribution < 1.29 is 17.9 Å². The number of pyridine rings is 1. The Hall–Kier alpha value is -2.00. The maximum atomic E-state index is 13.8. The average molecular weight is 273 g/mol. The van der Waals surface area contributed by atoms with Crippen molar-refractivity contribution in [2.24, 2.45) is 0 Å². The van der Waals surface area contributed by atoms with Crippen molar-refractivity contribution >= 4 is 22.5 Å². The van der Waals surface area contributed by atoms with E-state index >= 15 is 0 Å². The Morgan fingerprint density at radius 3 is 2.72 bits per heavy atom. The highest BCUT2D eigenvalue weighted by molar-refractivity contribution is 6.36. The number of aromatic nitrogens is 1. The number of benzene rings is 1. The first-order chi connectivity index (χ1) is 8.54. The van der Waals surface area contributed by atoms with Gasteiger partial charge in [0.2, 0.25) is 0 Å². The third kappa shape index (κ3) is 2.05. The fourth-order valence-corrected chi connectivity index (χ4v) is 1.69. The van der Waals surface area contributed by atoms with Gasteiger partial charge in [-0.15, -0.1) is 0 Å². The molecular formula is C11H4ClF3N2O. The predicted molar refractivity (Wildman–Crippen MR) is 58.1 cm³/mol. The number of fused-ring (bicyclic) bond motifs is 1. The number of nitrogens with zero attached hydrogens (tertiary/aromatic N) is 2. The van der Waals surface area contributed by atoms with Crippen LogP contribution in [0.4, 0.5) is 13.2 Å². The van der Waals surface area contributed by atoms with Gasteiger partial charge in [0.15, 0.2) is 11.6 Å². The zero-order valence-corrected chi connectivity index (χ0v) is 9.38. The van der Waals surface area contributed by atoms with Gasteiger partial charge < -0.3 is 4.74 Å². The maximum absolute atomic E-state index is 13.8. The Balaban J connectivity index is 2.67. The molecule has 0 fully saturated rings. The van der Waals surface area contributed by atoms with E-state index in [4.69, 9.17) is 16.9 Å². The summed E-state index contributed by atoms with van der Waals surface area (Å²) in [6.07, 6.45) is 1.07. The normalized spacial score (nSPS) is 10.7. The van der Waals surface area contributed by atoms with Crippen molar-refractivity contribution in [2.75, 3.05) is 0 Å². The van der Waals surface area contributed by atoms with Crippen LogP contribution in [0, 0.1) is 17.1 Å². The summed E-state index contributed by atoms with van der Waals surface area (Å²) >= 11 is 5.85. The van der Waals surface area contributed by atoms with Gasteiger partial charge in [-0.05, 0) is 12.1 Å². The second kappa shape index (κ2) is 4.70. The van der Waals surface area contributed by atoms with Crippen molar-refractivity contribution in [3.05, 3.63) is 34.7 Å². The van der Waals surface area contributed by atoms with Gasteiger partial charge in [0.05, 0.1) is 10.6 Å². The van der Waals surface area contributed by atoms with Crippen molar-refractivity contribution in [1.29, 1.82) is 5.26 Å². The molecule has 1 aromatic heterocycles. The molecule has 92 valence electrons. The molecule has 3 nitrogen and oxygen atoms in total. The molecule has 0 amide bonds. The van der Waals surface area contributed by atoms with Crippen molar-refractivity contribution in [3.8, 4) is 11.8 Å². The molecule has 2 rings (SSSR count). The minimum absolute atomic E-state index is 0.0185. The highest BCUT2D eigenvalue weighted by Gasteiger charge is 2.16. The average Bonchev–Trinajstić information content (AvgIpc) is 2.33. The summed E-state index contributed by atoms with van der Waals surface area (Å²) in [5.41, 5.74) is -0.150. The first kappa shape index (κ1) is 12.5. The van der Waals surface area contributed by atoms with Crippen LogP contribution >= 0.6 is 11.6 Å². The zero-order chi connectivity index (χ0) is 13.3. The molecule has 0 unspecified atom stereocenters. The minimum atomic E-state index is -3.13. The number of nitriles is 1. The van der Waals surface area contributed by atoms with Crippen LogP contribution in [0.15, 0.2) is 18.3 Å². The van der Waals surface area contributed by atoms with E-state index < -0.39 is 18.2 Å². The molecule has 1 heterocycles. The number of hydrogen-bond donors (Lipinski definition) is 0. The van der Waals surface area contributed by atoms with Gasteiger partial charge in [-0.3, -0.25) is 4.98 Å². The molecule has 18 heavy (non-hydrogen) atoms. The number of rotatable bonds is 2. The molecule has 0 saturated carbocycles. The van der Waals surface area contributed by atoms with Crippen molar-refractivity contribution in [2.45, 2.75) is 6.61 Å². The molecule has 0 atom stereocenters. The summed E-state index contributed by atoms with van der Waals surface area (Å²) in [6, 6.07) is 4.07. The Kier molecular flexibility index (Phi) is 3.26. The predicted octanol–water partition coefficient (Wildman–Crippen LogP) is 3.50. The SMILES string of the molecule is N#Cc1cnc2c(F)c(OC(F)F)ccc2c1Cl. The monoisotopic (exact) mass is 272 g/mol. The number of ether oxygens (including phenoxy) is 1. The molecule has 0 radical (unpaired) electrons. The van der Waals surface area contributed by atoms with E-state index in [0.29, 0.717) is 0 Å². The molecular weight excluding hydrogens is 269 g/mol.